The quantitative estimate of drug-likeness (QED) is 0.421. The van der Waals surface area contributed by atoms with E-state index in [1.165, 1.54) is 19.3 Å². The number of fused-ring (bicyclic) bond motifs is 3. The Balaban J connectivity index is 1.31. The Labute approximate surface area is 221 Å². The Hall–Kier alpha value is -3.59. The van der Waals surface area contributed by atoms with Crippen molar-refractivity contribution in [1.82, 2.24) is 29.3 Å². The van der Waals surface area contributed by atoms with Crippen LogP contribution in [0.25, 0.3) is 33.6 Å². The van der Waals surface area contributed by atoms with Crippen LogP contribution in [-0.2, 0) is 13.6 Å². The second-order valence-corrected chi connectivity index (χ2v) is 11.0. The molecule has 38 heavy (non-hydrogen) atoms. The maximum absolute atomic E-state index is 13.6. The number of ether oxygens (including phenoxy) is 2. The zero-order valence-corrected chi connectivity index (χ0v) is 22.2. The zero-order chi connectivity index (χ0) is 26.0. The molecule has 3 fully saturated rings. The van der Waals surface area contributed by atoms with E-state index in [2.05, 4.69) is 26.6 Å². The molecule has 7 rings (SSSR count). The molecule has 0 unspecified atom stereocenters. The van der Waals surface area contributed by atoms with Crippen molar-refractivity contribution in [3.05, 3.63) is 35.9 Å². The molecule has 9 heteroatoms. The van der Waals surface area contributed by atoms with E-state index in [1.807, 2.05) is 30.1 Å². The highest BCUT2D eigenvalue weighted by atomic mass is 16.5. The molecule has 1 amide bonds. The Bertz CT molecular complexity index is 1550. The van der Waals surface area contributed by atoms with Crippen molar-refractivity contribution in [2.75, 3.05) is 33.9 Å². The lowest BCUT2D eigenvalue weighted by Gasteiger charge is -2.35. The third-order valence-corrected chi connectivity index (χ3v) is 8.66. The van der Waals surface area contributed by atoms with Crippen LogP contribution < -0.4 is 14.8 Å². The summed E-state index contributed by atoms with van der Waals surface area (Å²) < 4.78 is 15.6. The van der Waals surface area contributed by atoms with Gasteiger partial charge in [0.05, 0.1) is 25.4 Å². The monoisotopic (exact) mass is 514 g/mol. The zero-order valence-electron chi connectivity index (χ0n) is 22.2. The molecule has 2 aliphatic heterocycles. The number of aryl methyl sites for hydroxylation is 1. The molecule has 2 saturated heterocycles. The van der Waals surface area contributed by atoms with Gasteiger partial charge in [0.15, 0.2) is 5.82 Å². The number of methoxy groups -OCH3 is 2. The normalized spacial score (nSPS) is 21.3. The van der Waals surface area contributed by atoms with E-state index in [0.29, 0.717) is 35.1 Å². The summed E-state index contributed by atoms with van der Waals surface area (Å²) in [4.78, 5) is 25.4. The van der Waals surface area contributed by atoms with E-state index in [4.69, 9.17) is 19.4 Å². The molecule has 1 N–H and O–H groups in total. The van der Waals surface area contributed by atoms with Crippen molar-refractivity contribution in [2.45, 2.75) is 38.3 Å². The predicted molar refractivity (Wildman–Crippen MR) is 146 cm³/mol. The first-order chi connectivity index (χ1) is 18.5. The molecule has 2 atom stereocenters. The van der Waals surface area contributed by atoms with Crippen molar-refractivity contribution in [1.29, 1.82) is 0 Å². The molecule has 198 valence electrons. The number of hydrogen-bond donors (Lipinski definition) is 1. The van der Waals surface area contributed by atoms with Crippen molar-refractivity contribution >= 4 is 28.0 Å². The van der Waals surface area contributed by atoms with Gasteiger partial charge in [0.25, 0.3) is 5.91 Å². The third-order valence-electron chi connectivity index (χ3n) is 8.66. The van der Waals surface area contributed by atoms with Crippen LogP contribution in [0.2, 0.25) is 0 Å². The fraction of sp³-hybridized carbons (Fsp3) is 0.483. The molecule has 1 saturated carbocycles. The van der Waals surface area contributed by atoms with Crippen molar-refractivity contribution < 1.29 is 14.3 Å². The minimum Gasteiger partial charge on any atom is -0.494 e. The number of nitrogens with one attached hydrogen (secondary N) is 1. The van der Waals surface area contributed by atoms with Gasteiger partial charge in [-0.05, 0) is 68.3 Å². The van der Waals surface area contributed by atoms with Gasteiger partial charge in [-0.3, -0.25) is 4.79 Å². The molecule has 0 radical (unpaired) electrons. The van der Waals surface area contributed by atoms with Crippen LogP contribution in [0.3, 0.4) is 0 Å². The summed E-state index contributed by atoms with van der Waals surface area (Å²) in [6.07, 6.45) is 4.74. The molecule has 0 bridgehead atoms. The molecule has 3 aliphatic rings. The largest absolute Gasteiger partial charge is 0.494 e. The van der Waals surface area contributed by atoms with Gasteiger partial charge in [-0.25, -0.2) is 4.98 Å². The van der Waals surface area contributed by atoms with Crippen LogP contribution in [0.15, 0.2) is 30.3 Å². The number of likely N-dealkylation sites (tertiary alicyclic amines) is 1. The van der Waals surface area contributed by atoms with Crippen molar-refractivity contribution in [3.63, 3.8) is 0 Å². The summed E-state index contributed by atoms with van der Waals surface area (Å²) in [5, 5.41) is 4.62. The van der Waals surface area contributed by atoms with Crippen LogP contribution in [0.5, 0.6) is 11.6 Å². The van der Waals surface area contributed by atoms with Gasteiger partial charge in [0.1, 0.15) is 16.9 Å². The average Bonchev–Trinajstić information content (AvgIpc) is 3.37. The maximum atomic E-state index is 13.6. The molecule has 9 nitrogen and oxygen atoms in total. The number of nitrogens with zero attached hydrogens (tertiary/aromatic N) is 5. The Morgan fingerprint density at radius 2 is 1.95 bits per heavy atom. The van der Waals surface area contributed by atoms with Crippen LogP contribution in [0.4, 0.5) is 0 Å². The van der Waals surface area contributed by atoms with E-state index in [-0.39, 0.29) is 5.91 Å². The van der Waals surface area contributed by atoms with Crippen LogP contribution >= 0.6 is 0 Å². The van der Waals surface area contributed by atoms with Crippen molar-refractivity contribution in [3.8, 4) is 23.1 Å². The number of pyridine rings is 1. The first-order valence-corrected chi connectivity index (χ1v) is 13.7. The van der Waals surface area contributed by atoms with Crippen LogP contribution in [0.1, 0.15) is 36.0 Å². The molecule has 3 aromatic heterocycles. The Kier molecular flexibility index (Phi) is 5.58. The van der Waals surface area contributed by atoms with Crippen LogP contribution in [-0.4, -0.2) is 69.8 Å². The standard InChI is InChI=1S/C29H34N6O3/c1-33-26-21(12-20(14-24(26)37-2)29(36)34-11-9-18-8-10-30-22(18)16-34)31-28(33)23-13-19-6-7-25(38-3)32-27(19)35(23)15-17-4-5-17/h6-7,12-14,17-18,22,30H,4-5,8-11,15-16H2,1-3H3/t18-,22+/m0/s1. The first-order valence-electron chi connectivity index (χ1n) is 13.7. The number of rotatable bonds is 6. The number of piperidine rings is 1. The molecular weight excluding hydrogens is 480 g/mol. The van der Waals surface area contributed by atoms with E-state index in [1.54, 1.807) is 14.2 Å². The second-order valence-electron chi connectivity index (χ2n) is 11.0. The SMILES string of the molecule is COc1ccc2cc(-c3nc4cc(C(=O)N5CC[C@@H]6CCN[C@@H]6C5)cc(OC)c4n3C)n(CC3CC3)c2n1. The van der Waals surface area contributed by atoms with Gasteiger partial charge in [0.2, 0.25) is 5.88 Å². The van der Waals surface area contributed by atoms with Gasteiger partial charge in [-0.2, -0.15) is 4.98 Å². The van der Waals surface area contributed by atoms with Gasteiger partial charge >= 0.3 is 0 Å². The highest BCUT2D eigenvalue weighted by molar-refractivity contribution is 6.00. The summed E-state index contributed by atoms with van der Waals surface area (Å²) in [5.74, 6) is 3.48. The number of hydrogen-bond acceptors (Lipinski definition) is 6. The summed E-state index contributed by atoms with van der Waals surface area (Å²) in [6, 6.07) is 10.3. The molecule has 0 spiro atoms. The van der Waals surface area contributed by atoms with E-state index in [0.717, 1.165) is 66.2 Å². The van der Waals surface area contributed by atoms with Gasteiger partial charge in [0, 0.05) is 49.7 Å². The lowest BCUT2D eigenvalue weighted by Crippen LogP contribution is -2.48. The fourth-order valence-electron chi connectivity index (χ4n) is 6.37. The van der Waals surface area contributed by atoms with E-state index >= 15 is 0 Å². The molecule has 1 aliphatic carbocycles. The minimum absolute atomic E-state index is 0.0451. The summed E-state index contributed by atoms with van der Waals surface area (Å²) in [5.41, 5.74) is 4.18. The first kappa shape index (κ1) is 23.5. The molecular formula is C29H34N6O3. The third kappa shape index (κ3) is 3.83. The van der Waals surface area contributed by atoms with Crippen LogP contribution in [0, 0.1) is 11.8 Å². The highest BCUT2D eigenvalue weighted by Crippen LogP contribution is 2.38. The number of aromatic nitrogens is 4. The number of amides is 1. The summed E-state index contributed by atoms with van der Waals surface area (Å²) in [6.45, 7) is 3.50. The van der Waals surface area contributed by atoms with E-state index in [9.17, 15) is 4.79 Å². The second kappa shape index (κ2) is 9.01. The fourth-order valence-corrected chi connectivity index (χ4v) is 6.37. The number of imidazole rings is 1. The number of carbonyl (C=O) groups is 1. The topological polar surface area (TPSA) is 86.4 Å². The molecule has 4 aromatic rings. The van der Waals surface area contributed by atoms with Gasteiger partial charge in [-0.1, -0.05) is 0 Å². The predicted octanol–water partition coefficient (Wildman–Crippen LogP) is 3.84. The highest BCUT2D eigenvalue weighted by Gasteiger charge is 2.35. The lowest BCUT2D eigenvalue weighted by atomic mass is 9.92. The molecule has 1 aromatic carbocycles. The number of benzene rings is 1. The lowest BCUT2D eigenvalue weighted by molar-refractivity contribution is 0.0669. The Morgan fingerprint density at radius 1 is 1.08 bits per heavy atom. The van der Waals surface area contributed by atoms with Crippen molar-refractivity contribution in [2.24, 2.45) is 18.9 Å². The molecule has 5 heterocycles. The maximum Gasteiger partial charge on any atom is 0.254 e. The smallest absolute Gasteiger partial charge is 0.254 e. The number of carbonyl (C=O) groups excluding carboxylic acids is 1. The average molecular weight is 515 g/mol. The van der Waals surface area contributed by atoms with Gasteiger partial charge in [-0.15, -0.1) is 0 Å². The minimum atomic E-state index is 0.0451. The van der Waals surface area contributed by atoms with E-state index < -0.39 is 0 Å². The Morgan fingerprint density at radius 3 is 2.74 bits per heavy atom. The summed E-state index contributed by atoms with van der Waals surface area (Å²) in [7, 11) is 5.31. The summed E-state index contributed by atoms with van der Waals surface area (Å²) >= 11 is 0. The van der Waals surface area contributed by atoms with Gasteiger partial charge < -0.3 is 28.8 Å².